The van der Waals surface area contributed by atoms with Crippen LogP contribution in [0.1, 0.15) is 36.7 Å². The third-order valence-electron chi connectivity index (χ3n) is 4.36. The average Bonchev–Trinajstić information content (AvgIpc) is 2.72. The van der Waals surface area contributed by atoms with Crippen molar-refractivity contribution in [1.29, 1.82) is 0 Å². The van der Waals surface area contributed by atoms with Crippen molar-refractivity contribution >= 4 is 33.8 Å². The van der Waals surface area contributed by atoms with E-state index in [0.29, 0.717) is 30.2 Å². The summed E-state index contributed by atoms with van der Waals surface area (Å²) in [5.74, 6) is 1.96. The van der Waals surface area contributed by atoms with Crippen molar-refractivity contribution in [2.75, 3.05) is 18.1 Å². The van der Waals surface area contributed by atoms with E-state index in [-0.39, 0.29) is 6.61 Å². The van der Waals surface area contributed by atoms with E-state index in [1.165, 1.54) is 5.56 Å². The highest BCUT2D eigenvalue weighted by atomic mass is 33.1. The number of nitrogen functional groups attached to an aromatic ring is 1. The third-order valence-corrected chi connectivity index (χ3v) is 7.09. The highest BCUT2D eigenvalue weighted by Gasteiger charge is 2.14. The van der Waals surface area contributed by atoms with Gasteiger partial charge in [0.15, 0.2) is 0 Å². The topological polar surface area (TPSA) is 92.3 Å². The summed E-state index contributed by atoms with van der Waals surface area (Å²) in [5, 5.41) is 9.45. The molecule has 6 nitrogen and oxygen atoms in total. The van der Waals surface area contributed by atoms with Crippen LogP contribution in [-0.4, -0.2) is 38.7 Å². The second kappa shape index (κ2) is 12.5. The van der Waals surface area contributed by atoms with Gasteiger partial charge < -0.3 is 15.7 Å². The molecular formula is C21H28N4O2S2. The lowest BCUT2D eigenvalue weighted by Crippen LogP contribution is -2.21. The molecule has 0 unspecified atom stereocenters. The fraction of sp³-hybridized carbons (Fsp3) is 0.381. The van der Waals surface area contributed by atoms with Crippen LogP contribution >= 0.6 is 21.6 Å². The lowest BCUT2D eigenvalue weighted by atomic mass is 10.1. The van der Waals surface area contributed by atoms with Gasteiger partial charge in [0.1, 0.15) is 11.6 Å². The number of hydrogen-bond donors (Lipinski definition) is 2. The lowest BCUT2D eigenvalue weighted by molar-refractivity contribution is -0.116. The van der Waals surface area contributed by atoms with E-state index in [0.717, 1.165) is 35.6 Å². The SMILES string of the molecule is CC(=C(CCO)SSCCCc1ccccc1)N(C=O)Cc1cnc(C)nc1N. The molecule has 0 aliphatic carbocycles. The molecule has 1 amide bonds. The Labute approximate surface area is 180 Å². The van der Waals surface area contributed by atoms with Crippen LogP contribution < -0.4 is 5.73 Å². The van der Waals surface area contributed by atoms with Gasteiger partial charge in [-0.15, -0.1) is 0 Å². The Balaban J connectivity index is 1.95. The van der Waals surface area contributed by atoms with Crippen LogP contribution in [0, 0.1) is 6.92 Å². The number of aromatic nitrogens is 2. The Morgan fingerprint density at radius 3 is 2.72 bits per heavy atom. The molecule has 2 aromatic rings. The van der Waals surface area contributed by atoms with E-state index in [2.05, 4.69) is 34.2 Å². The smallest absolute Gasteiger partial charge is 0.214 e. The van der Waals surface area contributed by atoms with E-state index < -0.39 is 0 Å². The molecule has 1 aromatic heterocycles. The minimum atomic E-state index is 0.0345. The van der Waals surface area contributed by atoms with Crippen LogP contribution in [0.3, 0.4) is 0 Å². The van der Waals surface area contributed by atoms with Crippen molar-refractivity contribution in [3.05, 3.63) is 64.1 Å². The third kappa shape index (κ3) is 7.72. The first-order chi connectivity index (χ1) is 14.0. The zero-order chi connectivity index (χ0) is 21.1. The highest BCUT2D eigenvalue weighted by Crippen LogP contribution is 2.36. The van der Waals surface area contributed by atoms with E-state index in [4.69, 9.17) is 5.73 Å². The molecule has 0 aliphatic heterocycles. The number of nitrogens with zero attached hydrogens (tertiary/aromatic N) is 3. The van der Waals surface area contributed by atoms with Crippen molar-refractivity contribution in [2.24, 2.45) is 0 Å². The van der Waals surface area contributed by atoms with Gasteiger partial charge in [0, 0.05) is 41.1 Å². The highest BCUT2D eigenvalue weighted by molar-refractivity contribution is 8.78. The quantitative estimate of drug-likeness (QED) is 0.298. The minimum absolute atomic E-state index is 0.0345. The molecule has 0 fully saturated rings. The normalized spacial score (nSPS) is 11.8. The van der Waals surface area contributed by atoms with Crippen molar-refractivity contribution in [3.8, 4) is 0 Å². The summed E-state index contributed by atoms with van der Waals surface area (Å²) in [5.41, 5.74) is 8.81. The van der Waals surface area contributed by atoms with Crippen LogP contribution in [0.15, 0.2) is 47.1 Å². The van der Waals surface area contributed by atoms with Gasteiger partial charge >= 0.3 is 0 Å². The van der Waals surface area contributed by atoms with E-state index in [1.54, 1.807) is 39.6 Å². The number of rotatable bonds is 12. The molecular weight excluding hydrogens is 404 g/mol. The first-order valence-corrected chi connectivity index (χ1v) is 11.8. The maximum absolute atomic E-state index is 11.7. The molecule has 8 heteroatoms. The molecule has 0 bridgehead atoms. The van der Waals surface area contributed by atoms with Crippen molar-refractivity contribution < 1.29 is 9.90 Å². The van der Waals surface area contributed by atoms with Gasteiger partial charge in [-0.05, 0) is 32.3 Å². The molecule has 0 atom stereocenters. The van der Waals surface area contributed by atoms with E-state index >= 15 is 0 Å². The fourth-order valence-electron chi connectivity index (χ4n) is 2.69. The number of nitrogens with two attached hydrogens (primary N) is 1. The number of carbonyl (C=O) groups excluding carboxylic acids is 1. The van der Waals surface area contributed by atoms with Crippen LogP contribution in [0.25, 0.3) is 0 Å². The maximum atomic E-state index is 11.7. The van der Waals surface area contributed by atoms with Crippen molar-refractivity contribution in [2.45, 2.75) is 39.7 Å². The Hall–Kier alpha value is -2.03. The molecule has 0 saturated heterocycles. The summed E-state index contributed by atoms with van der Waals surface area (Å²) in [6.07, 6.45) is 5.05. The molecule has 156 valence electrons. The predicted octanol–water partition coefficient (Wildman–Crippen LogP) is 3.95. The number of benzene rings is 1. The first kappa shape index (κ1) is 23.3. The fourth-order valence-corrected chi connectivity index (χ4v) is 5.23. The zero-order valence-corrected chi connectivity index (χ0v) is 18.5. The molecule has 0 aliphatic rings. The Kier molecular flexibility index (Phi) is 10.0. The van der Waals surface area contributed by atoms with Gasteiger partial charge in [-0.25, -0.2) is 9.97 Å². The monoisotopic (exact) mass is 432 g/mol. The number of carbonyl (C=O) groups is 1. The van der Waals surface area contributed by atoms with Gasteiger partial charge in [0.2, 0.25) is 6.41 Å². The average molecular weight is 433 g/mol. The minimum Gasteiger partial charge on any atom is -0.396 e. The first-order valence-electron chi connectivity index (χ1n) is 9.49. The van der Waals surface area contributed by atoms with Gasteiger partial charge in [-0.1, -0.05) is 51.9 Å². The predicted molar refractivity (Wildman–Crippen MR) is 122 cm³/mol. The Morgan fingerprint density at radius 2 is 2.07 bits per heavy atom. The number of anilines is 1. The van der Waals surface area contributed by atoms with E-state index in [9.17, 15) is 9.90 Å². The van der Waals surface area contributed by atoms with Gasteiger partial charge in [0.05, 0.1) is 6.54 Å². The number of aliphatic hydroxyl groups excluding tert-OH is 1. The number of aryl methyl sites for hydroxylation is 2. The van der Waals surface area contributed by atoms with Gasteiger partial charge in [-0.2, -0.15) is 0 Å². The number of allylic oxidation sites excluding steroid dienone is 1. The molecule has 2 rings (SSSR count). The summed E-state index contributed by atoms with van der Waals surface area (Å²) in [6, 6.07) is 10.4. The number of amides is 1. The van der Waals surface area contributed by atoms with Gasteiger partial charge in [0.25, 0.3) is 0 Å². The molecule has 1 heterocycles. The van der Waals surface area contributed by atoms with Crippen molar-refractivity contribution in [3.63, 3.8) is 0 Å². The Bertz CT molecular complexity index is 816. The summed E-state index contributed by atoms with van der Waals surface area (Å²) in [6.45, 7) is 4.00. The molecule has 0 saturated carbocycles. The maximum Gasteiger partial charge on any atom is 0.214 e. The standard InChI is InChI=1S/C21H28N4O2S2/c1-16(25(15-27)14-19-13-23-17(2)24-21(19)22)20(10-11-26)29-28-12-6-9-18-7-4-3-5-8-18/h3-5,7-8,13,15,26H,6,9-12,14H2,1-2H3,(H2,22,23,24). The zero-order valence-electron chi connectivity index (χ0n) is 16.9. The van der Waals surface area contributed by atoms with E-state index in [1.807, 2.05) is 13.0 Å². The number of aliphatic hydroxyl groups is 1. The molecule has 1 aromatic carbocycles. The largest absolute Gasteiger partial charge is 0.396 e. The van der Waals surface area contributed by atoms with Crippen molar-refractivity contribution in [1.82, 2.24) is 14.9 Å². The summed E-state index contributed by atoms with van der Waals surface area (Å²) < 4.78 is 0. The number of hydrogen-bond acceptors (Lipinski definition) is 7. The summed E-state index contributed by atoms with van der Waals surface area (Å²) in [4.78, 5) is 22.6. The molecule has 0 radical (unpaired) electrons. The Morgan fingerprint density at radius 1 is 1.31 bits per heavy atom. The van der Waals surface area contributed by atoms with Crippen LogP contribution in [0.5, 0.6) is 0 Å². The van der Waals surface area contributed by atoms with Crippen LogP contribution in [-0.2, 0) is 17.8 Å². The second-order valence-electron chi connectivity index (χ2n) is 6.54. The molecule has 29 heavy (non-hydrogen) atoms. The summed E-state index contributed by atoms with van der Waals surface area (Å²) in [7, 11) is 3.37. The summed E-state index contributed by atoms with van der Waals surface area (Å²) >= 11 is 0. The van der Waals surface area contributed by atoms with Crippen LogP contribution in [0.4, 0.5) is 5.82 Å². The van der Waals surface area contributed by atoms with Gasteiger partial charge in [-0.3, -0.25) is 4.79 Å². The second-order valence-corrected chi connectivity index (χ2v) is 9.05. The van der Waals surface area contributed by atoms with Crippen LogP contribution in [0.2, 0.25) is 0 Å². The molecule has 3 N–H and O–H groups in total. The lowest BCUT2D eigenvalue weighted by Gasteiger charge is -2.22. The molecule has 0 spiro atoms.